The molecule has 0 amide bonds. The van der Waals surface area contributed by atoms with Gasteiger partial charge in [0, 0.05) is 0 Å². The third-order valence-electron chi connectivity index (χ3n) is 0.759. The summed E-state index contributed by atoms with van der Waals surface area (Å²) in [7, 11) is 0. The standard InChI is InChI=1S/C5H6N2Se/c6-8-5-3-1-2-4-7-5/h1-4H,6H2. The Balaban J connectivity index is 2.83. The van der Waals surface area contributed by atoms with Crippen molar-refractivity contribution in [2.75, 3.05) is 0 Å². The van der Waals surface area contributed by atoms with Gasteiger partial charge >= 0.3 is 53.9 Å². The molecule has 0 spiro atoms. The molecule has 0 unspecified atom stereocenters. The summed E-state index contributed by atoms with van der Waals surface area (Å²) < 4.78 is 6.35. The van der Waals surface area contributed by atoms with E-state index in [0.29, 0.717) is 0 Å². The van der Waals surface area contributed by atoms with Crippen molar-refractivity contribution >= 4 is 19.8 Å². The Labute approximate surface area is 54.5 Å². The molecule has 0 aliphatic heterocycles. The van der Waals surface area contributed by atoms with E-state index in [9.17, 15) is 0 Å². The molecule has 0 aliphatic carbocycles. The topological polar surface area (TPSA) is 38.9 Å². The number of pyridine rings is 1. The van der Waals surface area contributed by atoms with Gasteiger partial charge in [-0.05, 0) is 0 Å². The first-order valence-electron chi connectivity index (χ1n) is 2.21. The van der Waals surface area contributed by atoms with Crippen molar-refractivity contribution in [2.24, 2.45) is 4.75 Å². The van der Waals surface area contributed by atoms with E-state index in [2.05, 4.69) is 4.98 Å². The minimum atomic E-state index is 0.0568. The van der Waals surface area contributed by atoms with Gasteiger partial charge in [0.1, 0.15) is 0 Å². The molecule has 42 valence electrons. The molecule has 1 aromatic rings. The summed E-state index contributed by atoms with van der Waals surface area (Å²) in [4.78, 5) is 4.00. The minimum absolute atomic E-state index is 0.0568. The van der Waals surface area contributed by atoms with Crippen LogP contribution in [0.25, 0.3) is 0 Å². The van der Waals surface area contributed by atoms with Crippen molar-refractivity contribution in [3.8, 4) is 0 Å². The van der Waals surface area contributed by atoms with Crippen LogP contribution in [0.2, 0.25) is 0 Å². The van der Waals surface area contributed by atoms with E-state index in [1.807, 2.05) is 18.2 Å². The number of hydrogen-bond acceptors (Lipinski definition) is 2. The van der Waals surface area contributed by atoms with Crippen molar-refractivity contribution < 1.29 is 0 Å². The molecule has 0 saturated heterocycles. The van der Waals surface area contributed by atoms with Crippen molar-refractivity contribution in [3.05, 3.63) is 24.4 Å². The zero-order chi connectivity index (χ0) is 5.82. The Kier molecular flexibility index (Phi) is 2.03. The van der Waals surface area contributed by atoms with Crippen LogP contribution in [0.5, 0.6) is 0 Å². The van der Waals surface area contributed by atoms with E-state index in [4.69, 9.17) is 4.75 Å². The van der Waals surface area contributed by atoms with E-state index in [1.54, 1.807) is 6.20 Å². The van der Waals surface area contributed by atoms with Gasteiger partial charge in [-0.25, -0.2) is 0 Å². The van der Waals surface area contributed by atoms with Crippen LogP contribution in [0, 0.1) is 0 Å². The zero-order valence-corrected chi connectivity index (χ0v) is 5.96. The number of rotatable bonds is 1. The molecule has 0 aromatic carbocycles. The Morgan fingerprint density at radius 2 is 2.38 bits per heavy atom. The number of nitrogens with two attached hydrogens (primary N) is 1. The second-order valence-corrected chi connectivity index (χ2v) is 2.66. The Bertz CT molecular complexity index is 152. The molecular formula is C5H6N2Se. The summed E-state index contributed by atoms with van der Waals surface area (Å²) in [6.45, 7) is 0. The van der Waals surface area contributed by atoms with E-state index in [-0.39, 0.29) is 15.2 Å². The van der Waals surface area contributed by atoms with Crippen LogP contribution in [0.4, 0.5) is 0 Å². The van der Waals surface area contributed by atoms with E-state index in [0.717, 1.165) is 4.59 Å². The molecule has 0 atom stereocenters. The normalized spacial score (nSPS) is 9.12. The molecule has 0 radical (unpaired) electrons. The van der Waals surface area contributed by atoms with Crippen LogP contribution in [-0.4, -0.2) is 20.2 Å². The van der Waals surface area contributed by atoms with Crippen LogP contribution in [0.1, 0.15) is 0 Å². The number of nitrogens with zero attached hydrogens (tertiary/aromatic N) is 1. The quantitative estimate of drug-likeness (QED) is 0.569. The molecule has 1 heterocycles. The van der Waals surface area contributed by atoms with Crippen molar-refractivity contribution in [3.63, 3.8) is 0 Å². The second kappa shape index (κ2) is 2.82. The summed E-state index contributed by atoms with van der Waals surface area (Å²) in [5.74, 6) is 0. The van der Waals surface area contributed by atoms with Crippen LogP contribution in [0.15, 0.2) is 24.4 Å². The summed E-state index contributed by atoms with van der Waals surface area (Å²) in [5.41, 5.74) is 0. The van der Waals surface area contributed by atoms with Gasteiger partial charge in [0.25, 0.3) is 0 Å². The van der Waals surface area contributed by atoms with Gasteiger partial charge in [0.15, 0.2) is 0 Å². The molecule has 1 rings (SSSR count). The maximum atomic E-state index is 5.35. The molecular weight excluding hydrogens is 167 g/mol. The predicted octanol–water partition coefficient (Wildman–Crippen LogP) is -0.715. The maximum absolute atomic E-state index is 5.35. The molecule has 2 N–H and O–H groups in total. The molecule has 0 fully saturated rings. The predicted molar refractivity (Wildman–Crippen MR) is 33.8 cm³/mol. The fourth-order valence-electron chi connectivity index (χ4n) is 0.417. The molecule has 3 heteroatoms. The summed E-state index contributed by atoms with van der Waals surface area (Å²) in [6, 6.07) is 5.76. The summed E-state index contributed by atoms with van der Waals surface area (Å²) in [6.07, 6.45) is 1.75. The molecule has 0 saturated carbocycles. The van der Waals surface area contributed by atoms with Crippen LogP contribution >= 0.6 is 0 Å². The van der Waals surface area contributed by atoms with Crippen molar-refractivity contribution in [1.82, 2.24) is 4.98 Å². The van der Waals surface area contributed by atoms with Crippen molar-refractivity contribution in [2.45, 2.75) is 0 Å². The number of hydrogen-bond donors (Lipinski definition) is 1. The SMILES string of the molecule is N[Se]c1ccccn1. The monoisotopic (exact) mass is 174 g/mol. The number of aromatic nitrogens is 1. The van der Waals surface area contributed by atoms with Gasteiger partial charge in [0.05, 0.1) is 0 Å². The third kappa shape index (κ3) is 1.30. The summed E-state index contributed by atoms with van der Waals surface area (Å²) >= 11 is 0.0568. The second-order valence-electron chi connectivity index (χ2n) is 1.29. The van der Waals surface area contributed by atoms with Gasteiger partial charge in [-0.2, -0.15) is 0 Å². The Morgan fingerprint density at radius 1 is 1.50 bits per heavy atom. The third-order valence-corrected chi connectivity index (χ3v) is 1.77. The first-order chi connectivity index (χ1) is 3.93. The van der Waals surface area contributed by atoms with Gasteiger partial charge in [-0.1, -0.05) is 0 Å². The van der Waals surface area contributed by atoms with E-state index >= 15 is 0 Å². The van der Waals surface area contributed by atoms with Gasteiger partial charge in [-0.3, -0.25) is 0 Å². The molecule has 2 nitrogen and oxygen atoms in total. The fourth-order valence-corrected chi connectivity index (χ4v) is 1.00. The van der Waals surface area contributed by atoms with Crippen molar-refractivity contribution in [1.29, 1.82) is 0 Å². The zero-order valence-electron chi connectivity index (χ0n) is 4.24. The van der Waals surface area contributed by atoms with Gasteiger partial charge < -0.3 is 0 Å². The fraction of sp³-hybridized carbons (Fsp3) is 0. The molecule has 0 bridgehead atoms. The van der Waals surface area contributed by atoms with E-state index in [1.165, 1.54) is 0 Å². The van der Waals surface area contributed by atoms with Crippen LogP contribution in [0.3, 0.4) is 0 Å². The average Bonchev–Trinajstić information content (AvgIpc) is 1.90. The van der Waals surface area contributed by atoms with Crippen LogP contribution < -0.4 is 9.34 Å². The first-order valence-corrected chi connectivity index (χ1v) is 4.06. The molecule has 1 aromatic heterocycles. The Hall–Kier alpha value is -0.371. The first kappa shape index (κ1) is 5.76. The summed E-state index contributed by atoms with van der Waals surface area (Å²) in [5, 5.41) is 0. The van der Waals surface area contributed by atoms with Gasteiger partial charge in [0.2, 0.25) is 0 Å². The average molecular weight is 173 g/mol. The van der Waals surface area contributed by atoms with E-state index < -0.39 is 0 Å². The van der Waals surface area contributed by atoms with Gasteiger partial charge in [-0.15, -0.1) is 0 Å². The molecule has 8 heavy (non-hydrogen) atoms. The Morgan fingerprint density at radius 3 is 2.75 bits per heavy atom. The molecule has 0 aliphatic rings. The van der Waals surface area contributed by atoms with Crippen LogP contribution in [-0.2, 0) is 0 Å².